The summed E-state index contributed by atoms with van der Waals surface area (Å²) in [6, 6.07) is 13.6. The predicted octanol–water partition coefficient (Wildman–Crippen LogP) is 3.04. The Labute approximate surface area is 283 Å². The molecule has 12 nitrogen and oxygen atoms in total. The molecule has 2 aliphatic heterocycles. The van der Waals surface area contributed by atoms with E-state index in [0.29, 0.717) is 36.3 Å². The Morgan fingerprint density at radius 2 is 1.73 bits per heavy atom. The number of amides is 2. The first-order chi connectivity index (χ1) is 23.0. The van der Waals surface area contributed by atoms with Crippen molar-refractivity contribution >= 4 is 27.7 Å². The molecular weight excluding hydrogens is 630 g/mol. The standard InChI is InChI=1S/C35H49N7O5S/c1-25-22-27(18-21-42(25)45)8-5-9-32(41-48(46,47)24-29-6-3-2-4-7-29)35(44)40-31(15-12-26-16-19-38-20-17-26)34(43)39-23-28-10-13-30(14-11-28)33(36)37/h2-4,6-7,10-11,13-14,18,21-22,25-26,31-32,38,41,45H,5,8-9,12,15-17,19-20,23-24H2,1H3,(H3,36,37)(H,39,43)(H,40,44)/t25?,31-,32+/m0/s1. The van der Waals surface area contributed by atoms with Gasteiger partial charge in [-0.25, -0.2) is 13.1 Å². The van der Waals surface area contributed by atoms with Gasteiger partial charge in [-0.2, -0.15) is 0 Å². The van der Waals surface area contributed by atoms with E-state index in [1.54, 1.807) is 66.9 Å². The summed E-state index contributed by atoms with van der Waals surface area (Å²) in [5.74, 6) is -0.799. The minimum atomic E-state index is -3.90. The van der Waals surface area contributed by atoms with Gasteiger partial charge in [0.2, 0.25) is 21.8 Å². The number of carbonyl (C=O) groups is 2. The van der Waals surface area contributed by atoms with Crippen molar-refractivity contribution in [1.82, 2.24) is 25.7 Å². The van der Waals surface area contributed by atoms with E-state index in [4.69, 9.17) is 11.1 Å². The Bertz CT molecular complexity index is 1540. The molecule has 260 valence electrons. The second-order valence-electron chi connectivity index (χ2n) is 12.6. The van der Waals surface area contributed by atoms with Crippen LogP contribution in [0.2, 0.25) is 0 Å². The van der Waals surface area contributed by atoms with Gasteiger partial charge in [0.25, 0.3) is 0 Å². The number of allylic oxidation sites excluding steroid dienone is 2. The number of amidine groups is 1. The highest BCUT2D eigenvalue weighted by Crippen LogP contribution is 2.21. The number of piperidine rings is 1. The van der Waals surface area contributed by atoms with Crippen LogP contribution in [0.3, 0.4) is 0 Å². The highest BCUT2D eigenvalue weighted by molar-refractivity contribution is 7.88. The zero-order chi connectivity index (χ0) is 34.5. The molecule has 1 unspecified atom stereocenters. The summed E-state index contributed by atoms with van der Waals surface area (Å²) in [4.78, 5) is 27.4. The van der Waals surface area contributed by atoms with E-state index in [9.17, 15) is 23.2 Å². The van der Waals surface area contributed by atoms with Crippen LogP contribution < -0.4 is 26.4 Å². The Kier molecular flexibility index (Phi) is 13.7. The number of hydroxylamine groups is 2. The quantitative estimate of drug-likeness (QED) is 0.0981. The molecule has 4 rings (SSSR count). The highest BCUT2D eigenvalue weighted by Gasteiger charge is 2.29. The lowest BCUT2D eigenvalue weighted by Gasteiger charge is -2.27. The number of nitrogens with one attached hydrogen (secondary N) is 5. The van der Waals surface area contributed by atoms with Crippen LogP contribution >= 0.6 is 0 Å². The van der Waals surface area contributed by atoms with Crippen LogP contribution in [0, 0.1) is 11.3 Å². The van der Waals surface area contributed by atoms with Gasteiger partial charge >= 0.3 is 0 Å². The molecule has 1 saturated heterocycles. The minimum Gasteiger partial charge on any atom is -0.384 e. The molecule has 48 heavy (non-hydrogen) atoms. The topological polar surface area (TPSA) is 190 Å². The van der Waals surface area contributed by atoms with Gasteiger partial charge in [-0.15, -0.1) is 0 Å². The second-order valence-corrected chi connectivity index (χ2v) is 14.4. The Morgan fingerprint density at radius 1 is 1.02 bits per heavy atom. The fourth-order valence-corrected chi connectivity index (χ4v) is 7.32. The summed E-state index contributed by atoms with van der Waals surface area (Å²) in [6.45, 7) is 3.90. The number of nitrogen functional groups attached to an aromatic ring is 1. The van der Waals surface area contributed by atoms with E-state index in [1.807, 2.05) is 13.0 Å². The first-order valence-corrected chi connectivity index (χ1v) is 18.3. The number of sulfonamides is 1. The second kappa shape index (κ2) is 17.9. The molecule has 0 aliphatic carbocycles. The van der Waals surface area contributed by atoms with Crippen LogP contribution in [0.15, 0.2) is 78.5 Å². The van der Waals surface area contributed by atoms with Gasteiger partial charge in [-0.1, -0.05) is 60.7 Å². The molecule has 0 spiro atoms. The number of rotatable bonds is 17. The van der Waals surface area contributed by atoms with Crippen LogP contribution in [-0.4, -0.2) is 67.6 Å². The summed E-state index contributed by atoms with van der Waals surface area (Å²) in [6.07, 6.45) is 9.74. The van der Waals surface area contributed by atoms with E-state index in [1.165, 1.54) is 0 Å². The average molecular weight is 680 g/mol. The summed E-state index contributed by atoms with van der Waals surface area (Å²) in [5, 5.41) is 27.7. The van der Waals surface area contributed by atoms with Crippen molar-refractivity contribution in [2.24, 2.45) is 11.7 Å². The van der Waals surface area contributed by atoms with Gasteiger partial charge in [0.15, 0.2) is 0 Å². The number of hydrogen-bond donors (Lipinski definition) is 7. The summed E-state index contributed by atoms with van der Waals surface area (Å²) in [5.41, 5.74) is 8.53. The normalized spacial score (nSPS) is 18.1. The van der Waals surface area contributed by atoms with Crippen LogP contribution in [-0.2, 0) is 31.9 Å². The zero-order valence-corrected chi connectivity index (χ0v) is 28.3. The molecular formula is C35H49N7O5S. The molecule has 8 N–H and O–H groups in total. The van der Waals surface area contributed by atoms with E-state index in [2.05, 4.69) is 20.7 Å². The van der Waals surface area contributed by atoms with E-state index < -0.39 is 28.0 Å². The lowest BCUT2D eigenvalue weighted by Crippen LogP contribution is -2.53. The maximum atomic E-state index is 13.9. The maximum Gasteiger partial charge on any atom is 0.242 e. The zero-order valence-electron chi connectivity index (χ0n) is 27.5. The van der Waals surface area contributed by atoms with Crippen molar-refractivity contribution in [3.05, 3.63) is 95.2 Å². The average Bonchev–Trinajstić information content (AvgIpc) is 3.07. The van der Waals surface area contributed by atoms with Crippen molar-refractivity contribution in [3.8, 4) is 0 Å². The fraction of sp³-hybridized carbons (Fsp3) is 0.457. The maximum absolute atomic E-state index is 13.9. The molecule has 13 heteroatoms. The molecule has 0 aromatic heterocycles. The molecule has 2 heterocycles. The van der Waals surface area contributed by atoms with E-state index >= 15 is 0 Å². The number of nitrogens with zero attached hydrogens (tertiary/aromatic N) is 1. The Morgan fingerprint density at radius 3 is 2.40 bits per heavy atom. The summed E-state index contributed by atoms with van der Waals surface area (Å²) >= 11 is 0. The monoisotopic (exact) mass is 679 g/mol. The Hall–Kier alpha value is -4.04. The van der Waals surface area contributed by atoms with Gasteiger partial charge in [-0.3, -0.25) is 25.3 Å². The van der Waals surface area contributed by atoms with Crippen molar-refractivity contribution in [3.63, 3.8) is 0 Å². The largest absolute Gasteiger partial charge is 0.384 e. The molecule has 2 aromatic carbocycles. The lowest BCUT2D eigenvalue weighted by atomic mass is 9.91. The molecule has 2 aliphatic rings. The van der Waals surface area contributed by atoms with Crippen LogP contribution in [0.4, 0.5) is 0 Å². The lowest BCUT2D eigenvalue weighted by molar-refractivity contribution is -0.130. The highest BCUT2D eigenvalue weighted by atomic mass is 32.2. The SMILES string of the molecule is CC1C=C(CCC[C@@H](NS(=O)(=O)Cc2ccccc2)C(=O)N[C@@H](CCC2CCNCC2)C(=O)NCc2ccc(C(=N)N)cc2)C=CN1O. The summed E-state index contributed by atoms with van der Waals surface area (Å²) in [7, 11) is -3.90. The summed E-state index contributed by atoms with van der Waals surface area (Å²) < 4.78 is 29.2. The number of carbonyl (C=O) groups excluding carboxylic acids is 2. The van der Waals surface area contributed by atoms with Crippen molar-refractivity contribution in [2.75, 3.05) is 13.1 Å². The third kappa shape index (κ3) is 11.9. The molecule has 0 radical (unpaired) electrons. The van der Waals surface area contributed by atoms with Crippen LogP contribution in [0.25, 0.3) is 0 Å². The van der Waals surface area contributed by atoms with Gasteiger partial charge in [0.05, 0.1) is 11.8 Å². The smallest absolute Gasteiger partial charge is 0.242 e. The van der Waals surface area contributed by atoms with Gasteiger partial charge in [-0.05, 0) is 93.7 Å². The first kappa shape index (κ1) is 36.8. The van der Waals surface area contributed by atoms with Crippen LogP contribution in [0.1, 0.15) is 68.6 Å². The number of nitrogens with two attached hydrogens (primary N) is 1. The number of hydrogen-bond acceptors (Lipinski definition) is 8. The van der Waals surface area contributed by atoms with Gasteiger partial charge in [0, 0.05) is 18.3 Å². The molecule has 2 amide bonds. The van der Waals surface area contributed by atoms with Crippen LogP contribution in [0.5, 0.6) is 0 Å². The van der Waals surface area contributed by atoms with E-state index in [-0.39, 0.29) is 36.5 Å². The first-order valence-electron chi connectivity index (χ1n) is 16.6. The molecule has 1 fully saturated rings. The van der Waals surface area contributed by atoms with Crippen molar-refractivity contribution in [1.29, 1.82) is 5.41 Å². The number of benzene rings is 2. The van der Waals surface area contributed by atoms with Gasteiger partial charge in [0.1, 0.15) is 17.9 Å². The molecule has 0 saturated carbocycles. The predicted molar refractivity (Wildman–Crippen MR) is 186 cm³/mol. The molecule has 2 aromatic rings. The Balaban J connectivity index is 1.47. The van der Waals surface area contributed by atoms with E-state index in [0.717, 1.165) is 48.6 Å². The fourth-order valence-electron chi connectivity index (χ4n) is 5.95. The molecule has 3 atom stereocenters. The third-order valence-electron chi connectivity index (χ3n) is 8.80. The molecule has 0 bridgehead atoms. The van der Waals surface area contributed by atoms with Gasteiger partial charge < -0.3 is 21.7 Å². The van der Waals surface area contributed by atoms with Crippen molar-refractivity contribution in [2.45, 2.75) is 82.3 Å². The third-order valence-corrected chi connectivity index (χ3v) is 10.2. The minimum absolute atomic E-state index is 0.0430. The van der Waals surface area contributed by atoms with Crippen molar-refractivity contribution < 1.29 is 23.2 Å².